The standard InChI is InChI=1S/C13H26N2O/c14-8-4-2-1-3-5-9-15-10-12-6-7-13(11-15)16-12/h12-13H,1-11,14H2. The zero-order valence-electron chi connectivity index (χ0n) is 10.4. The Balaban J connectivity index is 1.50. The quantitative estimate of drug-likeness (QED) is 0.672. The van der Waals surface area contributed by atoms with Crippen molar-refractivity contribution in [1.82, 2.24) is 4.90 Å². The van der Waals surface area contributed by atoms with Gasteiger partial charge in [-0.15, -0.1) is 0 Å². The third-order valence-corrected chi connectivity index (χ3v) is 3.80. The molecule has 2 unspecified atom stereocenters. The fourth-order valence-electron chi connectivity index (χ4n) is 2.89. The van der Waals surface area contributed by atoms with Crippen LogP contribution in [0.3, 0.4) is 0 Å². The highest BCUT2D eigenvalue weighted by atomic mass is 16.5. The Morgan fingerprint density at radius 2 is 1.56 bits per heavy atom. The number of hydrogen-bond donors (Lipinski definition) is 1. The number of rotatable bonds is 7. The zero-order valence-corrected chi connectivity index (χ0v) is 10.4. The number of unbranched alkanes of at least 4 members (excludes halogenated alkanes) is 4. The largest absolute Gasteiger partial charge is 0.372 e. The van der Waals surface area contributed by atoms with Crippen molar-refractivity contribution in [2.24, 2.45) is 5.73 Å². The molecule has 0 aromatic rings. The van der Waals surface area contributed by atoms with E-state index in [0.717, 1.165) is 6.54 Å². The first-order chi connectivity index (χ1) is 7.88. The van der Waals surface area contributed by atoms with E-state index in [-0.39, 0.29) is 0 Å². The van der Waals surface area contributed by atoms with Gasteiger partial charge in [0.1, 0.15) is 0 Å². The van der Waals surface area contributed by atoms with Crippen molar-refractivity contribution in [1.29, 1.82) is 0 Å². The van der Waals surface area contributed by atoms with Gasteiger partial charge in [0.25, 0.3) is 0 Å². The monoisotopic (exact) mass is 226 g/mol. The van der Waals surface area contributed by atoms with Gasteiger partial charge in [0.05, 0.1) is 12.2 Å². The van der Waals surface area contributed by atoms with Gasteiger partial charge in [-0.05, 0) is 38.8 Å². The van der Waals surface area contributed by atoms with Crippen LogP contribution in [-0.4, -0.2) is 43.3 Å². The summed E-state index contributed by atoms with van der Waals surface area (Å²) in [6.45, 7) is 4.49. The van der Waals surface area contributed by atoms with Crippen molar-refractivity contribution in [3.05, 3.63) is 0 Å². The van der Waals surface area contributed by atoms with Crippen molar-refractivity contribution >= 4 is 0 Å². The van der Waals surface area contributed by atoms with Crippen LogP contribution in [0.1, 0.15) is 44.9 Å². The molecule has 3 nitrogen and oxygen atoms in total. The summed E-state index contributed by atoms with van der Waals surface area (Å²) in [7, 11) is 0. The molecule has 0 aromatic heterocycles. The van der Waals surface area contributed by atoms with Gasteiger partial charge in [-0.2, -0.15) is 0 Å². The van der Waals surface area contributed by atoms with Gasteiger partial charge in [0, 0.05) is 13.1 Å². The van der Waals surface area contributed by atoms with E-state index >= 15 is 0 Å². The van der Waals surface area contributed by atoms with Gasteiger partial charge >= 0.3 is 0 Å². The van der Waals surface area contributed by atoms with Crippen molar-refractivity contribution < 1.29 is 4.74 Å². The van der Waals surface area contributed by atoms with Crippen LogP contribution in [-0.2, 0) is 4.74 Å². The fraction of sp³-hybridized carbons (Fsp3) is 1.00. The van der Waals surface area contributed by atoms with Crippen LogP contribution < -0.4 is 5.73 Å². The van der Waals surface area contributed by atoms with E-state index in [4.69, 9.17) is 10.5 Å². The minimum atomic E-state index is 0.552. The highest BCUT2D eigenvalue weighted by Gasteiger charge is 2.32. The van der Waals surface area contributed by atoms with Crippen molar-refractivity contribution in [3.63, 3.8) is 0 Å². The van der Waals surface area contributed by atoms with E-state index in [1.54, 1.807) is 0 Å². The summed E-state index contributed by atoms with van der Waals surface area (Å²) in [5, 5.41) is 0. The Bertz CT molecular complexity index is 186. The molecule has 0 aromatic carbocycles. The molecular weight excluding hydrogens is 200 g/mol. The highest BCUT2D eigenvalue weighted by Crippen LogP contribution is 2.26. The average Bonchev–Trinajstić information content (AvgIpc) is 2.63. The summed E-state index contributed by atoms with van der Waals surface area (Å²) in [5.74, 6) is 0. The minimum Gasteiger partial charge on any atom is -0.372 e. The van der Waals surface area contributed by atoms with Gasteiger partial charge in [-0.1, -0.05) is 19.3 Å². The molecule has 2 N–H and O–H groups in total. The molecule has 2 bridgehead atoms. The summed E-state index contributed by atoms with van der Waals surface area (Å²) in [5.41, 5.74) is 5.48. The highest BCUT2D eigenvalue weighted by molar-refractivity contribution is 4.84. The third kappa shape index (κ3) is 3.72. The zero-order chi connectivity index (χ0) is 11.2. The van der Waals surface area contributed by atoms with E-state index < -0.39 is 0 Å². The van der Waals surface area contributed by atoms with Crippen LogP contribution in [0.25, 0.3) is 0 Å². The number of morpholine rings is 1. The van der Waals surface area contributed by atoms with Crippen molar-refractivity contribution in [2.45, 2.75) is 57.2 Å². The van der Waals surface area contributed by atoms with E-state index in [1.165, 1.54) is 64.6 Å². The molecule has 0 spiro atoms. The summed E-state index contributed by atoms with van der Waals surface area (Å²) in [4.78, 5) is 2.61. The average molecular weight is 226 g/mol. The topological polar surface area (TPSA) is 38.5 Å². The van der Waals surface area contributed by atoms with Crippen LogP contribution >= 0.6 is 0 Å². The second-order valence-electron chi connectivity index (χ2n) is 5.27. The maximum Gasteiger partial charge on any atom is 0.0707 e. The molecule has 2 fully saturated rings. The number of nitrogens with zero attached hydrogens (tertiary/aromatic N) is 1. The number of ether oxygens (including phenoxy) is 1. The van der Waals surface area contributed by atoms with Crippen LogP contribution in [0, 0.1) is 0 Å². The maximum absolute atomic E-state index is 5.83. The summed E-state index contributed by atoms with van der Waals surface area (Å²) >= 11 is 0. The van der Waals surface area contributed by atoms with E-state index in [9.17, 15) is 0 Å². The van der Waals surface area contributed by atoms with E-state index in [0.29, 0.717) is 12.2 Å². The summed E-state index contributed by atoms with van der Waals surface area (Å²) in [6, 6.07) is 0. The molecule has 3 heteroatoms. The Hall–Kier alpha value is -0.120. The van der Waals surface area contributed by atoms with Crippen molar-refractivity contribution in [3.8, 4) is 0 Å². The molecule has 2 saturated heterocycles. The summed E-state index contributed by atoms with van der Waals surface area (Å²) < 4.78 is 5.83. The number of nitrogens with two attached hydrogens (primary N) is 1. The third-order valence-electron chi connectivity index (χ3n) is 3.80. The molecule has 2 atom stereocenters. The molecule has 94 valence electrons. The van der Waals surface area contributed by atoms with Gasteiger partial charge in [-0.25, -0.2) is 0 Å². The maximum atomic E-state index is 5.83. The number of hydrogen-bond acceptors (Lipinski definition) is 3. The Morgan fingerprint density at radius 3 is 2.25 bits per heavy atom. The second-order valence-corrected chi connectivity index (χ2v) is 5.27. The predicted molar refractivity (Wildman–Crippen MR) is 66.5 cm³/mol. The number of likely N-dealkylation sites (tertiary alicyclic amines) is 1. The molecule has 2 aliphatic rings. The molecule has 2 aliphatic heterocycles. The molecule has 0 radical (unpaired) electrons. The number of fused-ring (bicyclic) bond motifs is 2. The molecule has 0 aliphatic carbocycles. The first kappa shape index (κ1) is 12.3. The molecule has 0 amide bonds. The molecular formula is C13H26N2O. The van der Waals surface area contributed by atoms with Gasteiger partial charge < -0.3 is 10.5 Å². The van der Waals surface area contributed by atoms with Crippen LogP contribution in [0.5, 0.6) is 0 Å². The first-order valence-corrected chi connectivity index (χ1v) is 6.96. The van der Waals surface area contributed by atoms with Gasteiger partial charge in [0.15, 0.2) is 0 Å². The Morgan fingerprint density at radius 1 is 0.938 bits per heavy atom. The molecule has 2 rings (SSSR count). The minimum absolute atomic E-state index is 0.552. The smallest absolute Gasteiger partial charge is 0.0707 e. The predicted octanol–water partition coefficient (Wildman–Crippen LogP) is 1.76. The molecule has 16 heavy (non-hydrogen) atoms. The van der Waals surface area contributed by atoms with Gasteiger partial charge in [0.2, 0.25) is 0 Å². The van der Waals surface area contributed by atoms with E-state index in [2.05, 4.69) is 4.90 Å². The lowest BCUT2D eigenvalue weighted by molar-refractivity contribution is -0.0385. The second kappa shape index (κ2) is 6.58. The van der Waals surface area contributed by atoms with Crippen LogP contribution in [0.15, 0.2) is 0 Å². The summed E-state index contributed by atoms with van der Waals surface area (Å²) in [6.07, 6.45) is 10.3. The lowest BCUT2D eigenvalue weighted by Gasteiger charge is -2.32. The Labute approximate surface area is 99.3 Å². The van der Waals surface area contributed by atoms with Crippen LogP contribution in [0.2, 0.25) is 0 Å². The van der Waals surface area contributed by atoms with Crippen LogP contribution in [0.4, 0.5) is 0 Å². The lowest BCUT2D eigenvalue weighted by Crippen LogP contribution is -2.42. The SMILES string of the molecule is NCCCCCCCN1CC2CCC(C1)O2. The van der Waals surface area contributed by atoms with Gasteiger partial charge in [-0.3, -0.25) is 4.90 Å². The first-order valence-electron chi connectivity index (χ1n) is 6.96. The molecule has 0 saturated carbocycles. The Kier molecular flexibility index (Phi) is 5.07. The normalized spacial score (nSPS) is 29.8. The van der Waals surface area contributed by atoms with E-state index in [1.807, 2.05) is 0 Å². The molecule has 2 heterocycles. The van der Waals surface area contributed by atoms with Crippen molar-refractivity contribution in [2.75, 3.05) is 26.2 Å². The lowest BCUT2D eigenvalue weighted by atomic mass is 10.1. The fourth-order valence-corrected chi connectivity index (χ4v) is 2.89.